The molecule has 5 heteroatoms. The molecule has 1 aromatic carbocycles. The van der Waals surface area contributed by atoms with Crippen molar-refractivity contribution in [3.63, 3.8) is 0 Å². The Morgan fingerprint density at radius 3 is 2.95 bits per heavy atom. The van der Waals surface area contributed by atoms with Crippen LogP contribution in [0.1, 0.15) is 12.8 Å². The summed E-state index contributed by atoms with van der Waals surface area (Å²) in [6.45, 7) is 2.02. The zero-order chi connectivity index (χ0) is 13.5. The molecule has 1 aromatic rings. The number of carbonyl (C=O) groups excluding carboxylic acids is 1. The number of hydrogen-bond acceptors (Lipinski definition) is 4. The summed E-state index contributed by atoms with van der Waals surface area (Å²) in [5.74, 6) is 0.587. The quantitative estimate of drug-likeness (QED) is 0.844. The van der Waals surface area contributed by atoms with Crippen molar-refractivity contribution in [2.45, 2.75) is 18.9 Å². The molecule has 0 spiro atoms. The maximum absolute atomic E-state index is 11.8. The number of hydrogen-bond donors (Lipinski definition) is 2. The predicted molar refractivity (Wildman–Crippen MR) is 73.5 cm³/mol. The number of rotatable bonds is 5. The van der Waals surface area contributed by atoms with Gasteiger partial charge in [0.15, 0.2) is 0 Å². The second-order valence-electron chi connectivity index (χ2n) is 4.54. The van der Waals surface area contributed by atoms with E-state index in [2.05, 4.69) is 10.6 Å². The minimum absolute atomic E-state index is 0.0991. The molecule has 0 atom stereocenters. The maximum atomic E-state index is 11.8. The summed E-state index contributed by atoms with van der Waals surface area (Å²) in [5.41, 5.74) is 0.721. The van der Waals surface area contributed by atoms with E-state index in [4.69, 9.17) is 9.47 Å². The summed E-state index contributed by atoms with van der Waals surface area (Å²) < 4.78 is 10.7. The first-order chi connectivity index (χ1) is 9.28. The molecule has 0 aromatic heterocycles. The van der Waals surface area contributed by atoms with Crippen molar-refractivity contribution in [2.24, 2.45) is 0 Å². The molecule has 1 amide bonds. The van der Waals surface area contributed by atoms with E-state index < -0.39 is 0 Å². The third kappa shape index (κ3) is 4.54. The number of piperidine rings is 1. The van der Waals surface area contributed by atoms with Gasteiger partial charge in [-0.25, -0.2) is 0 Å². The van der Waals surface area contributed by atoms with E-state index in [0.717, 1.165) is 37.4 Å². The smallest absolute Gasteiger partial charge is 0.250 e. The standard InChI is InChI=1S/C14H20N2O3/c1-18-13-4-2-3-11(9-13)16-14(17)10-19-12-5-7-15-8-6-12/h2-4,9,12,15H,5-8,10H2,1H3,(H,16,17). The van der Waals surface area contributed by atoms with Gasteiger partial charge in [-0.3, -0.25) is 4.79 Å². The third-order valence-corrected chi connectivity index (χ3v) is 3.09. The van der Waals surface area contributed by atoms with Crippen LogP contribution in [-0.2, 0) is 9.53 Å². The van der Waals surface area contributed by atoms with Crippen LogP contribution in [0, 0.1) is 0 Å². The highest BCUT2D eigenvalue weighted by Gasteiger charge is 2.14. The van der Waals surface area contributed by atoms with E-state index in [1.807, 2.05) is 18.2 Å². The molecule has 1 heterocycles. The van der Waals surface area contributed by atoms with Gasteiger partial charge in [-0.05, 0) is 38.1 Å². The Kier molecular flexibility index (Phi) is 5.18. The fourth-order valence-corrected chi connectivity index (χ4v) is 2.05. The van der Waals surface area contributed by atoms with Crippen molar-refractivity contribution in [3.05, 3.63) is 24.3 Å². The molecular formula is C14H20N2O3. The van der Waals surface area contributed by atoms with Crippen LogP contribution in [0.2, 0.25) is 0 Å². The Hall–Kier alpha value is -1.59. The molecule has 0 saturated carbocycles. The second-order valence-corrected chi connectivity index (χ2v) is 4.54. The molecule has 1 fully saturated rings. The average Bonchev–Trinajstić information content (AvgIpc) is 2.46. The molecule has 1 saturated heterocycles. The van der Waals surface area contributed by atoms with Crippen LogP contribution in [0.15, 0.2) is 24.3 Å². The maximum Gasteiger partial charge on any atom is 0.250 e. The van der Waals surface area contributed by atoms with E-state index in [1.54, 1.807) is 13.2 Å². The molecule has 0 bridgehead atoms. The van der Waals surface area contributed by atoms with Gasteiger partial charge in [0.05, 0.1) is 13.2 Å². The van der Waals surface area contributed by atoms with Gasteiger partial charge >= 0.3 is 0 Å². The number of methoxy groups -OCH3 is 1. The van der Waals surface area contributed by atoms with Crippen LogP contribution in [0.4, 0.5) is 5.69 Å². The predicted octanol–water partition coefficient (Wildman–Crippen LogP) is 1.40. The highest BCUT2D eigenvalue weighted by molar-refractivity contribution is 5.91. The minimum atomic E-state index is -0.133. The van der Waals surface area contributed by atoms with Crippen LogP contribution < -0.4 is 15.4 Å². The molecule has 0 unspecified atom stereocenters. The van der Waals surface area contributed by atoms with E-state index in [-0.39, 0.29) is 18.6 Å². The highest BCUT2D eigenvalue weighted by Crippen LogP contribution is 2.16. The Balaban J connectivity index is 1.76. The lowest BCUT2D eigenvalue weighted by atomic mass is 10.1. The van der Waals surface area contributed by atoms with Gasteiger partial charge in [-0.2, -0.15) is 0 Å². The Morgan fingerprint density at radius 2 is 2.21 bits per heavy atom. The van der Waals surface area contributed by atoms with E-state index in [9.17, 15) is 4.79 Å². The third-order valence-electron chi connectivity index (χ3n) is 3.09. The Labute approximate surface area is 113 Å². The Bertz CT molecular complexity index is 417. The zero-order valence-electron chi connectivity index (χ0n) is 11.1. The normalized spacial score (nSPS) is 16.1. The van der Waals surface area contributed by atoms with Crippen molar-refractivity contribution in [1.82, 2.24) is 5.32 Å². The first kappa shape index (κ1) is 13.8. The van der Waals surface area contributed by atoms with Gasteiger partial charge in [0.25, 0.3) is 0 Å². The molecule has 1 aliphatic rings. The molecule has 2 rings (SSSR count). The molecule has 1 aliphatic heterocycles. The lowest BCUT2D eigenvalue weighted by molar-refractivity contribution is -0.123. The Morgan fingerprint density at radius 1 is 1.42 bits per heavy atom. The molecular weight excluding hydrogens is 244 g/mol. The summed E-state index contributed by atoms with van der Waals surface area (Å²) in [6.07, 6.45) is 2.12. The van der Waals surface area contributed by atoms with Gasteiger partial charge in [0.2, 0.25) is 5.91 Å². The van der Waals surface area contributed by atoms with Crippen LogP contribution in [0.25, 0.3) is 0 Å². The van der Waals surface area contributed by atoms with Gasteiger partial charge in [-0.15, -0.1) is 0 Å². The minimum Gasteiger partial charge on any atom is -0.497 e. The summed E-state index contributed by atoms with van der Waals surface area (Å²) in [6, 6.07) is 7.27. The number of nitrogens with one attached hydrogen (secondary N) is 2. The second kappa shape index (κ2) is 7.11. The summed E-state index contributed by atoms with van der Waals surface area (Å²) in [7, 11) is 1.60. The van der Waals surface area contributed by atoms with E-state index >= 15 is 0 Å². The highest BCUT2D eigenvalue weighted by atomic mass is 16.5. The lowest BCUT2D eigenvalue weighted by Crippen LogP contribution is -2.34. The number of ether oxygens (including phenoxy) is 2. The molecule has 104 valence electrons. The number of carbonyl (C=O) groups is 1. The van der Waals surface area contributed by atoms with Crippen molar-refractivity contribution in [2.75, 3.05) is 32.1 Å². The first-order valence-electron chi connectivity index (χ1n) is 6.54. The fraction of sp³-hybridized carbons (Fsp3) is 0.500. The molecule has 5 nitrogen and oxygen atoms in total. The van der Waals surface area contributed by atoms with Gasteiger partial charge in [0, 0.05) is 11.8 Å². The SMILES string of the molecule is COc1cccc(NC(=O)COC2CCNCC2)c1. The monoisotopic (exact) mass is 264 g/mol. The van der Waals surface area contributed by atoms with Crippen LogP contribution in [0.3, 0.4) is 0 Å². The van der Waals surface area contributed by atoms with Crippen LogP contribution >= 0.6 is 0 Å². The fourth-order valence-electron chi connectivity index (χ4n) is 2.05. The van der Waals surface area contributed by atoms with Crippen molar-refractivity contribution >= 4 is 11.6 Å². The van der Waals surface area contributed by atoms with Gasteiger partial charge < -0.3 is 20.1 Å². The largest absolute Gasteiger partial charge is 0.497 e. The van der Waals surface area contributed by atoms with Gasteiger partial charge in [0.1, 0.15) is 12.4 Å². The van der Waals surface area contributed by atoms with E-state index in [1.165, 1.54) is 0 Å². The molecule has 19 heavy (non-hydrogen) atoms. The van der Waals surface area contributed by atoms with Crippen molar-refractivity contribution < 1.29 is 14.3 Å². The van der Waals surface area contributed by atoms with Crippen LogP contribution in [0.5, 0.6) is 5.75 Å². The van der Waals surface area contributed by atoms with E-state index in [0.29, 0.717) is 0 Å². The average molecular weight is 264 g/mol. The van der Waals surface area contributed by atoms with Crippen LogP contribution in [-0.4, -0.2) is 38.8 Å². The van der Waals surface area contributed by atoms with Crippen molar-refractivity contribution in [1.29, 1.82) is 0 Å². The molecule has 0 aliphatic carbocycles. The summed E-state index contributed by atoms with van der Waals surface area (Å²) in [5, 5.41) is 6.06. The number of anilines is 1. The summed E-state index contributed by atoms with van der Waals surface area (Å²) in [4.78, 5) is 11.8. The topological polar surface area (TPSA) is 59.6 Å². The molecule has 2 N–H and O–H groups in total. The molecule has 0 radical (unpaired) electrons. The zero-order valence-corrected chi connectivity index (χ0v) is 11.1. The summed E-state index contributed by atoms with van der Waals surface area (Å²) >= 11 is 0. The lowest BCUT2D eigenvalue weighted by Gasteiger charge is -2.22. The van der Waals surface area contributed by atoms with Gasteiger partial charge in [-0.1, -0.05) is 6.07 Å². The first-order valence-corrected chi connectivity index (χ1v) is 6.54. The number of benzene rings is 1. The van der Waals surface area contributed by atoms with Crippen molar-refractivity contribution in [3.8, 4) is 5.75 Å². The number of amides is 1.